The lowest BCUT2D eigenvalue weighted by atomic mass is 10.1. The summed E-state index contributed by atoms with van der Waals surface area (Å²) in [5.74, 6) is 0. The molecule has 0 aliphatic carbocycles. The zero-order valence-corrected chi connectivity index (χ0v) is 10.7. The molecule has 0 unspecified atom stereocenters. The van der Waals surface area contributed by atoms with E-state index in [9.17, 15) is 5.26 Å². The molecule has 0 aromatic heterocycles. The van der Waals surface area contributed by atoms with Crippen molar-refractivity contribution in [3.63, 3.8) is 0 Å². The van der Waals surface area contributed by atoms with Crippen molar-refractivity contribution in [1.82, 2.24) is 4.90 Å². The Morgan fingerprint density at radius 2 is 2.00 bits per heavy atom. The van der Waals surface area contributed by atoms with Gasteiger partial charge in [0.05, 0.1) is 29.3 Å². The molecule has 0 saturated carbocycles. The molecule has 17 heavy (non-hydrogen) atoms. The lowest BCUT2D eigenvalue weighted by Crippen LogP contribution is -2.38. The van der Waals surface area contributed by atoms with Crippen LogP contribution in [0.1, 0.15) is 11.6 Å². The van der Waals surface area contributed by atoms with Gasteiger partial charge in [0.2, 0.25) is 0 Å². The van der Waals surface area contributed by atoms with Gasteiger partial charge in [0.25, 0.3) is 0 Å². The average molecular weight is 271 g/mol. The Balaban J connectivity index is 2.29. The second-order valence-electron chi connectivity index (χ2n) is 3.82. The first-order valence-electron chi connectivity index (χ1n) is 5.39. The van der Waals surface area contributed by atoms with Crippen molar-refractivity contribution in [2.75, 3.05) is 26.3 Å². The summed E-state index contributed by atoms with van der Waals surface area (Å²) >= 11 is 12.1. The molecule has 5 heteroatoms. The van der Waals surface area contributed by atoms with E-state index in [0.29, 0.717) is 23.3 Å². The van der Waals surface area contributed by atoms with E-state index in [1.165, 1.54) is 0 Å². The normalized spacial score (nSPS) is 18.6. The van der Waals surface area contributed by atoms with Gasteiger partial charge in [-0.25, -0.2) is 0 Å². The zero-order chi connectivity index (χ0) is 12.3. The van der Waals surface area contributed by atoms with E-state index < -0.39 is 0 Å². The van der Waals surface area contributed by atoms with Crippen molar-refractivity contribution in [2.24, 2.45) is 0 Å². The van der Waals surface area contributed by atoms with Crippen LogP contribution < -0.4 is 0 Å². The molecular formula is C12H12Cl2N2O. The van der Waals surface area contributed by atoms with Gasteiger partial charge in [0, 0.05) is 18.7 Å². The molecule has 1 atom stereocenters. The first-order valence-corrected chi connectivity index (χ1v) is 6.15. The summed E-state index contributed by atoms with van der Waals surface area (Å²) in [6.07, 6.45) is 0. The molecule has 0 bridgehead atoms. The lowest BCUT2D eigenvalue weighted by Gasteiger charge is -2.31. The Morgan fingerprint density at radius 3 is 2.65 bits per heavy atom. The molecule has 1 fully saturated rings. The summed E-state index contributed by atoms with van der Waals surface area (Å²) in [4.78, 5) is 2.06. The topological polar surface area (TPSA) is 36.3 Å². The van der Waals surface area contributed by atoms with E-state index in [-0.39, 0.29) is 6.04 Å². The van der Waals surface area contributed by atoms with E-state index in [1.54, 1.807) is 6.07 Å². The molecule has 1 aromatic rings. The highest BCUT2D eigenvalue weighted by atomic mass is 35.5. The standard InChI is InChI=1S/C12H12Cl2N2O/c13-10-3-1-2-9(12(10)14)11(8-15)16-4-6-17-7-5-16/h1-3,11H,4-7H2/t11-/m0/s1. The zero-order valence-electron chi connectivity index (χ0n) is 9.20. The highest BCUT2D eigenvalue weighted by Gasteiger charge is 2.24. The summed E-state index contributed by atoms with van der Waals surface area (Å²) in [7, 11) is 0. The van der Waals surface area contributed by atoms with Crippen molar-refractivity contribution in [3.8, 4) is 6.07 Å². The van der Waals surface area contributed by atoms with Gasteiger partial charge in [-0.2, -0.15) is 5.26 Å². The number of ether oxygens (including phenoxy) is 1. The fourth-order valence-electron chi connectivity index (χ4n) is 1.92. The number of benzene rings is 1. The fraction of sp³-hybridized carbons (Fsp3) is 0.417. The SMILES string of the molecule is N#C[C@@H](c1cccc(Cl)c1Cl)N1CCOCC1. The summed E-state index contributed by atoms with van der Waals surface area (Å²) < 4.78 is 5.27. The highest BCUT2D eigenvalue weighted by molar-refractivity contribution is 6.42. The van der Waals surface area contributed by atoms with E-state index in [4.69, 9.17) is 27.9 Å². The van der Waals surface area contributed by atoms with Crippen LogP contribution in [0.3, 0.4) is 0 Å². The Bertz CT molecular complexity index is 439. The third-order valence-electron chi connectivity index (χ3n) is 2.81. The van der Waals surface area contributed by atoms with E-state index in [0.717, 1.165) is 18.7 Å². The number of hydrogen-bond acceptors (Lipinski definition) is 3. The van der Waals surface area contributed by atoms with Crippen LogP contribution in [0.2, 0.25) is 10.0 Å². The minimum absolute atomic E-state index is 0.356. The summed E-state index contributed by atoms with van der Waals surface area (Å²) in [6, 6.07) is 7.31. The second-order valence-corrected chi connectivity index (χ2v) is 4.61. The van der Waals surface area contributed by atoms with Crippen LogP contribution in [-0.4, -0.2) is 31.2 Å². The van der Waals surface area contributed by atoms with Crippen LogP contribution in [0, 0.1) is 11.3 Å². The van der Waals surface area contributed by atoms with Gasteiger partial charge >= 0.3 is 0 Å². The first-order chi connectivity index (χ1) is 8.24. The van der Waals surface area contributed by atoms with Gasteiger partial charge in [0.1, 0.15) is 6.04 Å². The Labute approximate surface area is 110 Å². The average Bonchev–Trinajstić information content (AvgIpc) is 2.37. The quantitative estimate of drug-likeness (QED) is 0.829. The molecule has 1 saturated heterocycles. The maximum Gasteiger partial charge on any atom is 0.125 e. The van der Waals surface area contributed by atoms with E-state index >= 15 is 0 Å². The van der Waals surface area contributed by atoms with Crippen molar-refractivity contribution in [1.29, 1.82) is 5.26 Å². The van der Waals surface area contributed by atoms with Crippen LogP contribution in [0.4, 0.5) is 0 Å². The highest BCUT2D eigenvalue weighted by Crippen LogP contribution is 2.32. The molecule has 2 rings (SSSR count). The van der Waals surface area contributed by atoms with Crippen molar-refractivity contribution in [3.05, 3.63) is 33.8 Å². The van der Waals surface area contributed by atoms with Crippen LogP contribution in [0.5, 0.6) is 0 Å². The number of morpholine rings is 1. The maximum absolute atomic E-state index is 9.31. The minimum atomic E-state index is -0.356. The molecule has 1 aliphatic rings. The predicted octanol–water partition coefficient (Wildman–Crippen LogP) is 2.89. The molecular weight excluding hydrogens is 259 g/mol. The number of halogens is 2. The third kappa shape index (κ3) is 2.72. The number of hydrogen-bond donors (Lipinski definition) is 0. The number of nitriles is 1. The minimum Gasteiger partial charge on any atom is -0.379 e. The van der Waals surface area contributed by atoms with E-state index in [1.807, 2.05) is 12.1 Å². The Kier molecular flexibility index (Phi) is 4.25. The molecule has 1 heterocycles. The summed E-state index contributed by atoms with van der Waals surface area (Å²) in [5, 5.41) is 10.3. The van der Waals surface area contributed by atoms with Crippen molar-refractivity contribution in [2.45, 2.75) is 6.04 Å². The van der Waals surface area contributed by atoms with Crippen LogP contribution in [0.25, 0.3) is 0 Å². The third-order valence-corrected chi connectivity index (χ3v) is 3.64. The van der Waals surface area contributed by atoms with Gasteiger partial charge < -0.3 is 4.74 Å². The maximum atomic E-state index is 9.31. The van der Waals surface area contributed by atoms with Crippen LogP contribution in [-0.2, 0) is 4.74 Å². The van der Waals surface area contributed by atoms with Gasteiger partial charge in [-0.1, -0.05) is 35.3 Å². The summed E-state index contributed by atoms with van der Waals surface area (Å²) in [6.45, 7) is 2.77. The van der Waals surface area contributed by atoms with Crippen LogP contribution >= 0.6 is 23.2 Å². The first kappa shape index (κ1) is 12.7. The second kappa shape index (κ2) is 5.70. The van der Waals surface area contributed by atoms with Gasteiger partial charge in [-0.05, 0) is 6.07 Å². The smallest absolute Gasteiger partial charge is 0.125 e. The van der Waals surface area contributed by atoms with Gasteiger partial charge in [0.15, 0.2) is 0 Å². The predicted molar refractivity (Wildman–Crippen MR) is 67.2 cm³/mol. The lowest BCUT2D eigenvalue weighted by molar-refractivity contribution is 0.0266. The van der Waals surface area contributed by atoms with E-state index in [2.05, 4.69) is 11.0 Å². The van der Waals surface area contributed by atoms with Crippen molar-refractivity contribution < 1.29 is 4.74 Å². The number of rotatable bonds is 2. The van der Waals surface area contributed by atoms with Gasteiger partial charge in [-0.15, -0.1) is 0 Å². The Hall–Kier alpha value is -0.790. The molecule has 0 amide bonds. The molecule has 0 spiro atoms. The van der Waals surface area contributed by atoms with Crippen LogP contribution in [0.15, 0.2) is 18.2 Å². The molecule has 1 aromatic carbocycles. The monoisotopic (exact) mass is 270 g/mol. The Morgan fingerprint density at radius 1 is 1.29 bits per heavy atom. The van der Waals surface area contributed by atoms with Gasteiger partial charge in [-0.3, -0.25) is 4.90 Å². The fourth-order valence-corrected chi connectivity index (χ4v) is 2.33. The molecule has 90 valence electrons. The molecule has 0 radical (unpaired) electrons. The molecule has 0 N–H and O–H groups in total. The van der Waals surface area contributed by atoms with Crippen molar-refractivity contribution >= 4 is 23.2 Å². The number of nitrogens with zero attached hydrogens (tertiary/aromatic N) is 2. The largest absolute Gasteiger partial charge is 0.379 e. The summed E-state index contributed by atoms with van der Waals surface area (Å²) in [5.41, 5.74) is 0.767. The molecule has 3 nitrogen and oxygen atoms in total. The molecule has 1 aliphatic heterocycles.